The summed E-state index contributed by atoms with van der Waals surface area (Å²) < 4.78 is 9.69. The number of carboxylic acids is 1. The Balaban J connectivity index is 4.41. The van der Waals surface area contributed by atoms with Gasteiger partial charge in [-0.05, 0) is 13.8 Å². The third-order valence-electron chi connectivity index (χ3n) is 2.20. The van der Waals surface area contributed by atoms with Gasteiger partial charge in [0.1, 0.15) is 0 Å². The second-order valence-corrected chi connectivity index (χ2v) is 3.87. The molecule has 0 aromatic heterocycles. The van der Waals surface area contributed by atoms with E-state index in [4.69, 9.17) is 14.6 Å². The number of carboxylic acid groups (broad SMARTS) is 1. The van der Waals surface area contributed by atoms with Crippen molar-refractivity contribution in [1.29, 1.82) is 0 Å². The molecule has 0 saturated heterocycles. The first-order valence-corrected chi connectivity index (χ1v) is 4.92. The van der Waals surface area contributed by atoms with Crippen LogP contribution in [0.4, 0.5) is 0 Å². The van der Waals surface area contributed by atoms with Gasteiger partial charge in [-0.25, -0.2) is 4.79 Å². The molecule has 0 rings (SSSR count). The van der Waals surface area contributed by atoms with Crippen LogP contribution in [-0.2, 0) is 19.1 Å². The average Bonchev–Trinajstić information content (AvgIpc) is 2.17. The van der Waals surface area contributed by atoms with E-state index in [2.05, 4.69) is 5.32 Å². The summed E-state index contributed by atoms with van der Waals surface area (Å²) in [5.41, 5.74) is -1.40. The molecule has 6 heteroatoms. The summed E-state index contributed by atoms with van der Waals surface area (Å²) in [4.78, 5) is 22.5. The molecule has 0 aliphatic carbocycles. The number of hydrogen-bond acceptors (Lipinski definition) is 4. The van der Waals surface area contributed by atoms with Crippen LogP contribution in [0.5, 0.6) is 0 Å². The van der Waals surface area contributed by atoms with Crippen molar-refractivity contribution in [2.75, 3.05) is 20.8 Å². The molecule has 0 heterocycles. The van der Waals surface area contributed by atoms with Crippen LogP contribution in [0, 0.1) is 0 Å². The van der Waals surface area contributed by atoms with Gasteiger partial charge in [0.05, 0.1) is 19.1 Å². The monoisotopic (exact) mass is 233 g/mol. The average molecular weight is 233 g/mol. The van der Waals surface area contributed by atoms with E-state index in [9.17, 15) is 9.59 Å². The molecule has 2 N–H and O–H groups in total. The topological polar surface area (TPSA) is 84.9 Å². The minimum Gasteiger partial charge on any atom is -0.479 e. The van der Waals surface area contributed by atoms with Crippen LogP contribution in [0.1, 0.15) is 20.3 Å². The first kappa shape index (κ1) is 14.9. The van der Waals surface area contributed by atoms with Crippen molar-refractivity contribution in [3.63, 3.8) is 0 Å². The molecular formula is C10H19NO5. The van der Waals surface area contributed by atoms with E-state index < -0.39 is 11.5 Å². The van der Waals surface area contributed by atoms with E-state index in [1.54, 1.807) is 6.92 Å². The van der Waals surface area contributed by atoms with Crippen molar-refractivity contribution in [1.82, 2.24) is 5.32 Å². The lowest BCUT2D eigenvalue weighted by atomic mass is 10.0. The molecule has 0 aliphatic heterocycles. The molecule has 0 spiro atoms. The van der Waals surface area contributed by atoms with E-state index in [1.165, 1.54) is 21.1 Å². The summed E-state index contributed by atoms with van der Waals surface area (Å²) in [6, 6.07) is 0. The molecule has 0 aromatic rings. The number of aliphatic carboxylic acids is 1. The van der Waals surface area contributed by atoms with E-state index in [-0.39, 0.29) is 25.0 Å². The summed E-state index contributed by atoms with van der Waals surface area (Å²) in [5.74, 6) is -1.51. The van der Waals surface area contributed by atoms with Gasteiger partial charge in [-0.3, -0.25) is 4.79 Å². The third-order valence-corrected chi connectivity index (χ3v) is 2.20. The van der Waals surface area contributed by atoms with Gasteiger partial charge < -0.3 is 19.9 Å². The van der Waals surface area contributed by atoms with Crippen molar-refractivity contribution in [2.24, 2.45) is 0 Å². The Hall–Kier alpha value is -1.14. The maximum Gasteiger partial charge on any atom is 0.331 e. The van der Waals surface area contributed by atoms with Gasteiger partial charge in [-0.2, -0.15) is 0 Å². The number of carbonyl (C=O) groups excluding carboxylic acids is 1. The second-order valence-electron chi connectivity index (χ2n) is 3.87. The summed E-state index contributed by atoms with van der Waals surface area (Å²) in [6.45, 7) is 3.04. The highest BCUT2D eigenvalue weighted by atomic mass is 16.5. The predicted octanol–water partition coefficient (Wildman–Crippen LogP) is 0.0173. The Kier molecular flexibility index (Phi) is 5.98. The molecule has 6 nitrogen and oxygen atoms in total. The fourth-order valence-electron chi connectivity index (χ4n) is 1.14. The molecule has 0 radical (unpaired) electrons. The molecule has 0 aliphatic rings. The standard InChI is InChI=1S/C10H19NO5/c1-7(16-4)5-8(12)11-10(2,6-15-3)9(13)14/h7H,5-6H2,1-4H3,(H,11,12)(H,13,14). The van der Waals surface area contributed by atoms with Crippen molar-refractivity contribution < 1.29 is 24.2 Å². The fraction of sp³-hybridized carbons (Fsp3) is 0.800. The minimum atomic E-state index is -1.40. The van der Waals surface area contributed by atoms with Crippen molar-refractivity contribution >= 4 is 11.9 Å². The number of amides is 1. The van der Waals surface area contributed by atoms with Crippen LogP contribution in [-0.4, -0.2) is 49.5 Å². The van der Waals surface area contributed by atoms with Crippen LogP contribution in [0.25, 0.3) is 0 Å². The maximum atomic E-state index is 11.5. The van der Waals surface area contributed by atoms with Crippen LogP contribution in [0.15, 0.2) is 0 Å². The largest absolute Gasteiger partial charge is 0.479 e. The molecule has 0 aromatic carbocycles. The Morgan fingerprint density at radius 2 is 2.00 bits per heavy atom. The van der Waals surface area contributed by atoms with Crippen LogP contribution < -0.4 is 5.32 Å². The molecule has 2 atom stereocenters. The summed E-state index contributed by atoms with van der Waals surface area (Å²) in [7, 11) is 2.87. The van der Waals surface area contributed by atoms with Gasteiger partial charge in [0.2, 0.25) is 5.91 Å². The zero-order valence-electron chi connectivity index (χ0n) is 10.1. The second kappa shape index (κ2) is 6.44. The van der Waals surface area contributed by atoms with Gasteiger partial charge in [0.15, 0.2) is 5.54 Å². The van der Waals surface area contributed by atoms with E-state index >= 15 is 0 Å². The smallest absolute Gasteiger partial charge is 0.331 e. The predicted molar refractivity (Wildman–Crippen MR) is 57.1 cm³/mol. The normalized spacial score (nSPS) is 16.2. The van der Waals surface area contributed by atoms with Gasteiger partial charge in [-0.1, -0.05) is 0 Å². The number of ether oxygens (including phenoxy) is 2. The number of hydrogen-bond donors (Lipinski definition) is 2. The fourth-order valence-corrected chi connectivity index (χ4v) is 1.14. The molecule has 16 heavy (non-hydrogen) atoms. The number of carbonyl (C=O) groups is 2. The summed E-state index contributed by atoms with van der Waals surface area (Å²) >= 11 is 0. The highest BCUT2D eigenvalue weighted by molar-refractivity contribution is 5.86. The van der Waals surface area contributed by atoms with Gasteiger partial charge >= 0.3 is 5.97 Å². The Morgan fingerprint density at radius 3 is 2.38 bits per heavy atom. The molecule has 1 amide bonds. The van der Waals surface area contributed by atoms with E-state index in [0.29, 0.717) is 0 Å². The van der Waals surface area contributed by atoms with Gasteiger partial charge in [0, 0.05) is 14.2 Å². The highest BCUT2D eigenvalue weighted by Gasteiger charge is 2.35. The Labute approximate surface area is 94.9 Å². The van der Waals surface area contributed by atoms with E-state index in [1.807, 2.05) is 0 Å². The molecular weight excluding hydrogens is 214 g/mol. The Bertz CT molecular complexity index is 256. The summed E-state index contributed by atoms with van der Waals surface area (Å²) in [5, 5.41) is 11.4. The third kappa shape index (κ3) is 4.59. The lowest BCUT2D eigenvalue weighted by molar-refractivity contribution is -0.149. The van der Waals surface area contributed by atoms with Crippen LogP contribution in [0.2, 0.25) is 0 Å². The molecule has 2 unspecified atom stereocenters. The lowest BCUT2D eigenvalue weighted by Gasteiger charge is -2.25. The highest BCUT2D eigenvalue weighted by Crippen LogP contribution is 2.06. The summed E-state index contributed by atoms with van der Waals surface area (Å²) in [6.07, 6.45) is -0.135. The van der Waals surface area contributed by atoms with Crippen molar-refractivity contribution in [3.05, 3.63) is 0 Å². The first-order chi connectivity index (χ1) is 7.35. The quantitative estimate of drug-likeness (QED) is 0.647. The van der Waals surface area contributed by atoms with Crippen LogP contribution in [0.3, 0.4) is 0 Å². The number of rotatable bonds is 7. The SMILES string of the molecule is COCC(C)(NC(=O)CC(C)OC)C(=O)O. The van der Waals surface area contributed by atoms with Gasteiger partial charge in [-0.15, -0.1) is 0 Å². The zero-order chi connectivity index (χ0) is 12.8. The Morgan fingerprint density at radius 1 is 1.44 bits per heavy atom. The number of nitrogens with one attached hydrogen (secondary N) is 1. The van der Waals surface area contributed by atoms with Gasteiger partial charge in [0.25, 0.3) is 0 Å². The van der Waals surface area contributed by atoms with Crippen LogP contribution >= 0.6 is 0 Å². The molecule has 0 saturated carbocycles. The maximum absolute atomic E-state index is 11.5. The number of methoxy groups -OCH3 is 2. The van der Waals surface area contributed by atoms with Crippen molar-refractivity contribution in [2.45, 2.75) is 31.9 Å². The van der Waals surface area contributed by atoms with Crippen molar-refractivity contribution in [3.8, 4) is 0 Å². The molecule has 0 bridgehead atoms. The molecule has 94 valence electrons. The van der Waals surface area contributed by atoms with E-state index in [0.717, 1.165) is 0 Å². The minimum absolute atomic E-state index is 0.0879. The lowest BCUT2D eigenvalue weighted by Crippen LogP contribution is -2.55. The zero-order valence-corrected chi connectivity index (χ0v) is 10.1. The first-order valence-electron chi connectivity index (χ1n) is 4.92. The molecule has 0 fully saturated rings.